The first-order valence-corrected chi connectivity index (χ1v) is 16.3. The standard InChI is InChI=1S/C24H20Cl2Si2/c25-27(21-13-5-1-6-14-21,22-15-7-2-8-16-22)28(26,23-17-9-3-10-18-23)24-19-11-4-12-20-24/h1-20H. The molecule has 0 spiro atoms. The molecule has 4 aromatic rings. The van der Waals surface area contributed by atoms with Crippen LogP contribution in [0.25, 0.3) is 0 Å². The van der Waals surface area contributed by atoms with Crippen LogP contribution in [0.15, 0.2) is 121 Å². The van der Waals surface area contributed by atoms with Crippen molar-refractivity contribution in [3.63, 3.8) is 0 Å². The van der Waals surface area contributed by atoms with Crippen LogP contribution in [-0.2, 0) is 0 Å². The van der Waals surface area contributed by atoms with Crippen LogP contribution in [0.1, 0.15) is 0 Å². The van der Waals surface area contributed by atoms with Gasteiger partial charge in [0.15, 0.2) is 0 Å². The van der Waals surface area contributed by atoms with Gasteiger partial charge < -0.3 is 0 Å². The Balaban J connectivity index is 2.09. The molecule has 4 aromatic carbocycles. The quantitative estimate of drug-likeness (QED) is 0.328. The third-order valence-electron chi connectivity index (χ3n) is 5.16. The molecule has 0 aliphatic carbocycles. The maximum absolute atomic E-state index is 7.84. The van der Waals surface area contributed by atoms with Crippen molar-refractivity contribution in [2.75, 3.05) is 0 Å². The highest BCUT2D eigenvalue weighted by molar-refractivity contribution is 7.84. The predicted octanol–water partition coefficient (Wildman–Crippen LogP) is 4.06. The lowest BCUT2D eigenvalue weighted by Gasteiger charge is -2.40. The first-order valence-electron chi connectivity index (χ1n) is 9.27. The Hall–Kier alpha value is -2.11. The smallest absolute Gasteiger partial charge is 0.156 e. The van der Waals surface area contributed by atoms with Crippen molar-refractivity contribution in [1.29, 1.82) is 0 Å². The molecule has 0 aliphatic heterocycles. The maximum Gasteiger partial charge on any atom is 0.234 e. The van der Waals surface area contributed by atoms with Gasteiger partial charge in [0.1, 0.15) is 0 Å². The third kappa shape index (κ3) is 3.17. The average Bonchev–Trinajstić information content (AvgIpc) is 2.80. The van der Waals surface area contributed by atoms with Crippen molar-refractivity contribution < 1.29 is 0 Å². The zero-order valence-corrected chi connectivity index (χ0v) is 18.8. The second-order valence-corrected chi connectivity index (χ2v) is 21.5. The average molecular weight is 436 g/mol. The number of rotatable bonds is 5. The lowest BCUT2D eigenvalue weighted by Crippen LogP contribution is -2.80. The molecule has 28 heavy (non-hydrogen) atoms. The molecule has 138 valence electrons. The Bertz CT molecular complexity index is 857. The highest BCUT2D eigenvalue weighted by Gasteiger charge is 2.59. The first-order chi connectivity index (χ1) is 13.7. The SMILES string of the molecule is Cl[Si](c1ccccc1)(c1ccccc1)[Si](Cl)(c1ccccc1)c1ccccc1. The van der Waals surface area contributed by atoms with Gasteiger partial charge in [-0.2, -0.15) is 22.2 Å². The molecule has 0 radical (unpaired) electrons. The van der Waals surface area contributed by atoms with Crippen molar-refractivity contribution >= 4 is 56.7 Å². The summed E-state index contributed by atoms with van der Waals surface area (Å²) in [6, 6.07) is 41.7. The van der Waals surface area contributed by atoms with E-state index in [1.165, 1.54) is 0 Å². The summed E-state index contributed by atoms with van der Waals surface area (Å²) in [6.07, 6.45) is 0. The summed E-state index contributed by atoms with van der Waals surface area (Å²) in [7, 11) is 0. The molecule has 0 fully saturated rings. The van der Waals surface area contributed by atoms with Crippen LogP contribution < -0.4 is 20.7 Å². The van der Waals surface area contributed by atoms with Gasteiger partial charge in [0.2, 0.25) is 13.8 Å². The van der Waals surface area contributed by atoms with E-state index in [-0.39, 0.29) is 0 Å². The molecule has 0 heterocycles. The summed E-state index contributed by atoms with van der Waals surface area (Å²) < 4.78 is 0. The Labute approximate surface area is 177 Å². The molecule has 4 rings (SSSR count). The fourth-order valence-corrected chi connectivity index (χ4v) is 20.9. The van der Waals surface area contributed by atoms with Gasteiger partial charge in [0.05, 0.1) is 0 Å². The molecule has 0 saturated heterocycles. The highest BCUT2D eigenvalue weighted by Crippen LogP contribution is 2.27. The third-order valence-corrected chi connectivity index (χ3v) is 25.5. The van der Waals surface area contributed by atoms with E-state index in [9.17, 15) is 0 Å². The van der Waals surface area contributed by atoms with Gasteiger partial charge in [-0.3, -0.25) is 0 Å². The molecule has 0 unspecified atom stereocenters. The Morgan fingerprint density at radius 1 is 0.321 bits per heavy atom. The van der Waals surface area contributed by atoms with E-state index in [0.717, 1.165) is 20.7 Å². The summed E-state index contributed by atoms with van der Waals surface area (Å²) in [5, 5.41) is 4.60. The molecule has 0 N–H and O–H groups in total. The zero-order valence-electron chi connectivity index (χ0n) is 15.3. The van der Waals surface area contributed by atoms with E-state index in [0.29, 0.717) is 0 Å². The van der Waals surface area contributed by atoms with Crippen molar-refractivity contribution in [1.82, 2.24) is 0 Å². The monoisotopic (exact) mass is 434 g/mol. The summed E-state index contributed by atoms with van der Waals surface area (Å²) in [5.41, 5.74) is 0. The number of hydrogen-bond donors (Lipinski definition) is 0. The van der Waals surface area contributed by atoms with Crippen molar-refractivity contribution in [2.45, 2.75) is 0 Å². The van der Waals surface area contributed by atoms with Crippen LogP contribution >= 0.6 is 22.2 Å². The molecule has 0 nitrogen and oxygen atoms in total. The van der Waals surface area contributed by atoms with Crippen molar-refractivity contribution in [2.24, 2.45) is 0 Å². The van der Waals surface area contributed by atoms with Gasteiger partial charge in [0, 0.05) is 0 Å². The fraction of sp³-hybridized carbons (Fsp3) is 0. The zero-order chi connectivity index (χ0) is 19.5. The van der Waals surface area contributed by atoms with Crippen LogP contribution in [0, 0.1) is 0 Å². The van der Waals surface area contributed by atoms with E-state index < -0.39 is 13.8 Å². The van der Waals surface area contributed by atoms with Crippen LogP contribution in [0.2, 0.25) is 0 Å². The number of hydrogen-bond acceptors (Lipinski definition) is 0. The van der Waals surface area contributed by atoms with Gasteiger partial charge >= 0.3 is 0 Å². The summed E-state index contributed by atoms with van der Waals surface area (Å²) in [4.78, 5) is 0. The maximum atomic E-state index is 7.84. The second kappa shape index (κ2) is 8.10. The van der Waals surface area contributed by atoms with E-state index in [2.05, 4.69) is 97.1 Å². The van der Waals surface area contributed by atoms with Crippen LogP contribution in [0.5, 0.6) is 0 Å². The lowest BCUT2D eigenvalue weighted by molar-refractivity contribution is 1.71. The Kier molecular flexibility index (Phi) is 5.56. The second-order valence-electron chi connectivity index (χ2n) is 6.78. The summed E-state index contributed by atoms with van der Waals surface area (Å²) in [6.45, 7) is -5.72. The highest BCUT2D eigenvalue weighted by atomic mass is 35.6. The molecule has 0 aromatic heterocycles. The summed E-state index contributed by atoms with van der Waals surface area (Å²) in [5.74, 6) is 0. The van der Waals surface area contributed by atoms with Gasteiger partial charge in [-0.05, 0) is 20.7 Å². The number of halogens is 2. The number of benzene rings is 4. The molecule has 0 saturated carbocycles. The minimum Gasteiger partial charge on any atom is -0.156 e. The largest absolute Gasteiger partial charge is 0.234 e. The van der Waals surface area contributed by atoms with Crippen LogP contribution in [0.4, 0.5) is 0 Å². The minimum atomic E-state index is -2.86. The van der Waals surface area contributed by atoms with E-state index >= 15 is 0 Å². The molecule has 0 atom stereocenters. The van der Waals surface area contributed by atoms with Gasteiger partial charge in [-0.1, -0.05) is 121 Å². The molecule has 0 bridgehead atoms. The first kappa shape index (κ1) is 19.2. The lowest BCUT2D eigenvalue weighted by atomic mass is 10.4. The molecule has 0 aliphatic rings. The normalized spacial score (nSPS) is 11.9. The van der Waals surface area contributed by atoms with Crippen LogP contribution in [0.3, 0.4) is 0 Å². The topological polar surface area (TPSA) is 0 Å². The molecule has 0 amide bonds. The predicted molar refractivity (Wildman–Crippen MR) is 128 cm³/mol. The minimum absolute atomic E-state index is 1.15. The molecule has 4 heteroatoms. The molecular weight excluding hydrogens is 415 g/mol. The van der Waals surface area contributed by atoms with Gasteiger partial charge in [-0.15, -0.1) is 0 Å². The van der Waals surface area contributed by atoms with Gasteiger partial charge in [0.25, 0.3) is 0 Å². The fourth-order valence-electron chi connectivity index (χ4n) is 3.80. The van der Waals surface area contributed by atoms with E-state index in [1.54, 1.807) is 0 Å². The van der Waals surface area contributed by atoms with Crippen molar-refractivity contribution in [3.05, 3.63) is 121 Å². The Morgan fingerprint density at radius 3 is 0.679 bits per heavy atom. The van der Waals surface area contributed by atoms with Crippen molar-refractivity contribution in [3.8, 4) is 0 Å². The summed E-state index contributed by atoms with van der Waals surface area (Å²) >= 11 is 15.7. The Morgan fingerprint density at radius 2 is 0.500 bits per heavy atom. The van der Waals surface area contributed by atoms with Gasteiger partial charge in [-0.25, -0.2) is 0 Å². The van der Waals surface area contributed by atoms with Crippen LogP contribution in [-0.4, -0.2) is 13.8 Å². The van der Waals surface area contributed by atoms with E-state index in [4.69, 9.17) is 22.2 Å². The van der Waals surface area contributed by atoms with E-state index in [1.807, 2.05) is 24.3 Å². The molecular formula is C24H20Cl2Si2.